The maximum absolute atomic E-state index is 12.8. The first-order valence-electron chi connectivity index (χ1n) is 6.60. The van der Waals surface area contributed by atoms with Gasteiger partial charge < -0.3 is 10.0 Å². The Morgan fingerprint density at radius 1 is 1.33 bits per heavy atom. The zero-order valence-electron chi connectivity index (χ0n) is 11.2. The third-order valence-electron chi connectivity index (χ3n) is 3.68. The average Bonchev–Trinajstić information content (AvgIpc) is 2.46. The summed E-state index contributed by atoms with van der Waals surface area (Å²) in [5.41, 5.74) is -1.02. The lowest BCUT2D eigenvalue weighted by atomic mass is 9.97. The Morgan fingerprint density at radius 3 is 2.48 bits per heavy atom. The second kappa shape index (κ2) is 6.23. The summed E-state index contributed by atoms with van der Waals surface area (Å²) in [5.74, 6) is -0.279. The van der Waals surface area contributed by atoms with E-state index in [0.29, 0.717) is 25.9 Å². The van der Waals surface area contributed by atoms with E-state index in [4.69, 9.17) is 16.7 Å². The minimum atomic E-state index is -4.59. The van der Waals surface area contributed by atoms with Crippen LogP contribution in [0.5, 0.6) is 0 Å². The number of hydrogen-bond donors (Lipinski definition) is 1. The third kappa shape index (κ3) is 3.68. The lowest BCUT2D eigenvalue weighted by Crippen LogP contribution is -2.39. The Kier molecular flexibility index (Phi) is 4.78. The maximum atomic E-state index is 12.8. The molecule has 0 unspecified atom stereocenters. The van der Waals surface area contributed by atoms with Crippen molar-refractivity contribution in [3.05, 3.63) is 34.3 Å². The summed E-state index contributed by atoms with van der Waals surface area (Å²) < 4.78 is 38.4. The highest BCUT2D eigenvalue weighted by Crippen LogP contribution is 2.35. The largest absolute Gasteiger partial charge is 0.417 e. The van der Waals surface area contributed by atoms with Gasteiger partial charge in [-0.05, 0) is 37.0 Å². The summed E-state index contributed by atoms with van der Waals surface area (Å²) in [6.07, 6.45) is -3.28. The first-order valence-corrected chi connectivity index (χ1v) is 6.97. The highest BCUT2D eigenvalue weighted by atomic mass is 35.5. The number of hydrogen-bond acceptors (Lipinski definition) is 2. The van der Waals surface area contributed by atoms with E-state index in [-0.39, 0.29) is 18.1 Å². The third-order valence-corrected chi connectivity index (χ3v) is 4.01. The van der Waals surface area contributed by atoms with Crippen LogP contribution in [-0.2, 0) is 6.18 Å². The van der Waals surface area contributed by atoms with Crippen LogP contribution < -0.4 is 0 Å². The van der Waals surface area contributed by atoms with Crippen molar-refractivity contribution in [3.8, 4) is 0 Å². The number of likely N-dealkylation sites (tertiary alicyclic amines) is 1. The van der Waals surface area contributed by atoms with E-state index in [1.54, 1.807) is 0 Å². The summed E-state index contributed by atoms with van der Waals surface area (Å²) in [6.45, 7) is 0.948. The van der Waals surface area contributed by atoms with Crippen molar-refractivity contribution in [1.82, 2.24) is 4.90 Å². The van der Waals surface area contributed by atoms with Crippen molar-refractivity contribution < 1.29 is 23.1 Å². The van der Waals surface area contributed by atoms with Crippen LogP contribution in [0.3, 0.4) is 0 Å². The summed E-state index contributed by atoms with van der Waals surface area (Å²) in [5, 5.41) is 8.63. The van der Waals surface area contributed by atoms with E-state index in [2.05, 4.69) is 0 Å². The SMILES string of the molecule is O=C(c1ccc(Cl)c(C(F)(F)F)c1)N1CCC(CO)CC1. The fraction of sp³-hybridized carbons (Fsp3) is 0.500. The minimum Gasteiger partial charge on any atom is -0.396 e. The van der Waals surface area contributed by atoms with Crippen LogP contribution in [-0.4, -0.2) is 35.6 Å². The van der Waals surface area contributed by atoms with Crippen LogP contribution in [0.1, 0.15) is 28.8 Å². The van der Waals surface area contributed by atoms with E-state index >= 15 is 0 Å². The lowest BCUT2D eigenvalue weighted by molar-refractivity contribution is -0.137. The average molecular weight is 322 g/mol. The number of rotatable bonds is 2. The standard InChI is InChI=1S/C14H15ClF3NO2/c15-12-2-1-10(7-11(12)14(16,17)18)13(21)19-5-3-9(8-20)4-6-19/h1-2,7,9,20H,3-6,8H2. The predicted molar refractivity (Wildman–Crippen MR) is 72.2 cm³/mol. The molecular formula is C14H15ClF3NO2. The highest BCUT2D eigenvalue weighted by molar-refractivity contribution is 6.31. The number of benzene rings is 1. The minimum absolute atomic E-state index is 0.0193. The number of aliphatic hydroxyl groups is 1. The zero-order chi connectivity index (χ0) is 15.6. The Labute approximate surface area is 125 Å². The number of amides is 1. The quantitative estimate of drug-likeness (QED) is 0.908. The number of carbonyl (C=O) groups excluding carboxylic acids is 1. The van der Waals surface area contributed by atoms with Gasteiger partial charge in [-0.1, -0.05) is 11.6 Å². The van der Waals surface area contributed by atoms with Crippen LogP contribution in [0, 0.1) is 5.92 Å². The smallest absolute Gasteiger partial charge is 0.396 e. The Morgan fingerprint density at radius 2 is 1.95 bits per heavy atom. The zero-order valence-corrected chi connectivity index (χ0v) is 11.9. The molecule has 1 aliphatic rings. The molecule has 116 valence electrons. The van der Waals surface area contributed by atoms with Gasteiger partial charge in [-0.3, -0.25) is 4.79 Å². The molecule has 1 N–H and O–H groups in total. The summed E-state index contributed by atoms with van der Waals surface area (Å²) in [7, 11) is 0. The number of piperidine rings is 1. The molecule has 1 aliphatic heterocycles. The second-order valence-electron chi connectivity index (χ2n) is 5.11. The fourth-order valence-electron chi connectivity index (χ4n) is 2.38. The maximum Gasteiger partial charge on any atom is 0.417 e. The van der Waals surface area contributed by atoms with Gasteiger partial charge in [-0.2, -0.15) is 13.2 Å². The van der Waals surface area contributed by atoms with E-state index in [1.165, 1.54) is 11.0 Å². The van der Waals surface area contributed by atoms with Crippen LogP contribution in [0.25, 0.3) is 0 Å². The van der Waals surface area contributed by atoms with Gasteiger partial charge in [-0.15, -0.1) is 0 Å². The summed E-state index contributed by atoms with van der Waals surface area (Å²) in [4.78, 5) is 13.7. The van der Waals surface area contributed by atoms with E-state index < -0.39 is 22.7 Å². The molecule has 1 amide bonds. The van der Waals surface area contributed by atoms with E-state index in [1.807, 2.05) is 0 Å². The number of halogens is 4. The van der Waals surface area contributed by atoms with Gasteiger partial charge in [-0.25, -0.2) is 0 Å². The van der Waals surface area contributed by atoms with Crippen molar-refractivity contribution >= 4 is 17.5 Å². The number of alkyl halides is 3. The van der Waals surface area contributed by atoms with Crippen molar-refractivity contribution in [2.24, 2.45) is 5.92 Å². The summed E-state index contributed by atoms with van der Waals surface area (Å²) in [6, 6.07) is 3.19. The Balaban J connectivity index is 2.17. The monoisotopic (exact) mass is 321 g/mol. The number of carbonyl (C=O) groups is 1. The molecule has 0 atom stereocenters. The molecule has 0 saturated carbocycles. The van der Waals surface area contributed by atoms with Gasteiger partial charge in [0.05, 0.1) is 10.6 Å². The normalized spacial score (nSPS) is 17.1. The Bertz CT molecular complexity index is 525. The van der Waals surface area contributed by atoms with Crippen molar-refractivity contribution in [3.63, 3.8) is 0 Å². The van der Waals surface area contributed by atoms with Crippen molar-refractivity contribution in [2.45, 2.75) is 19.0 Å². The molecule has 0 aromatic heterocycles. The molecule has 7 heteroatoms. The molecule has 1 heterocycles. The van der Waals surface area contributed by atoms with E-state index in [0.717, 1.165) is 12.1 Å². The van der Waals surface area contributed by atoms with Crippen LogP contribution in [0.2, 0.25) is 5.02 Å². The highest BCUT2D eigenvalue weighted by Gasteiger charge is 2.34. The van der Waals surface area contributed by atoms with Gasteiger partial charge >= 0.3 is 6.18 Å². The lowest BCUT2D eigenvalue weighted by Gasteiger charge is -2.31. The van der Waals surface area contributed by atoms with Gasteiger partial charge in [0.2, 0.25) is 0 Å². The van der Waals surface area contributed by atoms with Crippen molar-refractivity contribution in [1.29, 1.82) is 0 Å². The number of aliphatic hydroxyl groups excluding tert-OH is 1. The topological polar surface area (TPSA) is 40.5 Å². The van der Waals surface area contributed by atoms with E-state index in [9.17, 15) is 18.0 Å². The van der Waals surface area contributed by atoms with Crippen LogP contribution in [0.4, 0.5) is 13.2 Å². The molecule has 1 aromatic rings. The fourth-order valence-corrected chi connectivity index (χ4v) is 2.60. The molecule has 0 radical (unpaired) electrons. The predicted octanol–water partition coefficient (Wildman–Crippen LogP) is 3.20. The molecular weight excluding hydrogens is 307 g/mol. The number of nitrogens with zero attached hydrogens (tertiary/aromatic N) is 1. The van der Waals surface area contributed by atoms with Gasteiger partial charge in [0.1, 0.15) is 0 Å². The van der Waals surface area contributed by atoms with Gasteiger partial charge in [0.25, 0.3) is 5.91 Å². The molecule has 3 nitrogen and oxygen atoms in total. The Hall–Kier alpha value is -1.27. The molecule has 21 heavy (non-hydrogen) atoms. The molecule has 1 fully saturated rings. The molecule has 2 rings (SSSR count). The molecule has 1 aromatic carbocycles. The molecule has 0 spiro atoms. The van der Waals surface area contributed by atoms with Crippen LogP contribution in [0.15, 0.2) is 18.2 Å². The molecule has 0 aliphatic carbocycles. The van der Waals surface area contributed by atoms with Crippen molar-refractivity contribution in [2.75, 3.05) is 19.7 Å². The second-order valence-corrected chi connectivity index (χ2v) is 5.52. The van der Waals surface area contributed by atoms with Gasteiger partial charge in [0, 0.05) is 25.3 Å². The van der Waals surface area contributed by atoms with Gasteiger partial charge in [0.15, 0.2) is 0 Å². The first kappa shape index (κ1) is 16.1. The summed E-state index contributed by atoms with van der Waals surface area (Å²) >= 11 is 5.54. The molecule has 1 saturated heterocycles. The first-order chi connectivity index (χ1) is 9.82. The van der Waals surface area contributed by atoms with Crippen LogP contribution >= 0.6 is 11.6 Å². The molecule has 0 bridgehead atoms.